The molecule has 5 saturated heterocycles. The molecule has 2 aromatic carbocycles. The highest BCUT2D eigenvalue weighted by Crippen LogP contribution is 2.33. The molecule has 5 aromatic rings. The lowest BCUT2D eigenvalue weighted by Crippen LogP contribution is -2.43. The van der Waals surface area contributed by atoms with Crippen LogP contribution in [-0.4, -0.2) is 278 Å². The van der Waals surface area contributed by atoms with Gasteiger partial charge in [0.25, 0.3) is 11.8 Å². The van der Waals surface area contributed by atoms with E-state index < -0.39 is 94.0 Å². The fourth-order valence-corrected chi connectivity index (χ4v) is 10.5. The Morgan fingerprint density at radius 3 is 1.13 bits per heavy atom. The Balaban J connectivity index is 0.000000324. The Morgan fingerprint density at radius 2 is 0.789 bits per heavy atom. The van der Waals surface area contributed by atoms with Crippen molar-refractivity contribution in [3.63, 3.8) is 0 Å². The van der Waals surface area contributed by atoms with Crippen LogP contribution in [0.2, 0.25) is 0 Å². The van der Waals surface area contributed by atoms with E-state index in [1.165, 1.54) is 0 Å². The zero-order valence-electron chi connectivity index (χ0n) is 70.4. The Kier molecular flexibility index (Phi) is 51.2. The van der Waals surface area contributed by atoms with Gasteiger partial charge in [0.2, 0.25) is 23.6 Å². The maximum absolute atomic E-state index is 12.1. The molecule has 52 heteroatoms. The molecule has 0 unspecified atom stereocenters. The van der Waals surface area contributed by atoms with Crippen LogP contribution in [-0.2, 0) is 76.1 Å². The van der Waals surface area contributed by atoms with Crippen LogP contribution in [0.4, 0.5) is 65.9 Å². The van der Waals surface area contributed by atoms with Gasteiger partial charge in [-0.2, -0.15) is 65.9 Å². The Labute approximate surface area is 723 Å². The number of carbonyl (C=O) groups is 5. The number of halogens is 15. The summed E-state index contributed by atoms with van der Waals surface area (Å²) in [6, 6.07) is 14.5. The van der Waals surface area contributed by atoms with Gasteiger partial charge < -0.3 is 116 Å². The smallest absolute Gasteiger partial charge is 0.414 e. The summed E-state index contributed by atoms with van der Waals surface area (Å²) in [4.78, 5) is 56.1. The van der Waals surface area contributed by atoms with Crippen molar-refractivity contribution in [3.05, 3.63) is 77.3 Å². The largest absolute Gasteiger partial charge is 0.484 e. The number of hydrogen-bond donors (Lipinski definition) is 7. The van der Waals surface area contributed by atoms with Gasteiger partial charge in [-0.05, 0) is 120 Å². The third-order valence-corrected chi connectivity index (χ3v) is 16.9. The summed E-state index contributed by atoms with van der Waals surface area (Å²) in [6.45, 7) is 2.83. The molecule has 8 heterocycles. The number of ether oxygens (including phenoxy) is 16. The van der Waals surface area contributed by atoms with E-state index in [4.69, 9.17) is 82.4 Å². The first-order chi connectivity index (χ1) is 60.4. The third kappa shape index (κ3) is 53.6. The van der Waals surface area contributed by atoms with E-state index in [0.717, 1.165) is 49.7 Å². The molecule has 5 aliphatic rings. The molecule has 0 aliphatic carbocycles. The number of hydrogen-bond acceptors (Lipinski definition) is 33. The molecule has 9 N–H and O–H groups in total. The zero-order valence-corrected chi connectivity index (χ0v) is 70.4. The number of amides is 3. The van der Waals surface area contributed by atoms with Crippen molar-refractivity contribution >= 4 is 29.7 Å². The number of aliphatic carboxylic acids is 1. The van der Waals surface area contributed by atoms with Crippen LogP contribution >= 0.6 is 0 Å². The van der Waals surface area contributed by atoms with Crippen molar-refractivity contribution in [3.8, 4) is 29.7 Å². The average Bonchev–Trinajstić information content (AvgIpc) is 1.74. The second kappa shape index (κ2) is 59.0. The first-order valence-electron chi connectivity index (χ1n) is 39.8. The SMILES string of the molecule is C[C@@H]1CC[C@@H](C(=O)NCC(=O)OCCOCC(F)(F)F)OC1.C[C@@H]1CC[C@@H](C(=O)NN)OC1.C[C@@H]1CC[C@@H](c2nnc(OCCOCC(F)(F)F)o2)OC1.Cc1ccc(OCC(=O)N[C@@H]2CC[C@@H](c3nnc(OCCOCC(F)(F)F)o3)OC2)cc1.Cc1ccc(OCC(=O)O)cc1.N[C@@H]1CC[C@@H](c2nnc(OCCOCC(F)(F)F)o2)OC1.OCCOCC(F)(F)F. The molecule has 728 valence electrons. The lowest BCUT2D eigenvalue weighted by Gasteiger charge is -2.27. The van der Waals surface area contributed by atoms with E-state index in [9.17, 15) is 89.8 Å². The van der Waals surface area contributed by atoms with Crippen LogP contribution < -0.4 is 51.3 Å². The van der Waals surface area contributed by atoms with E-state index in [-0.39, 0.29) is 165 Å². The van der Waals surface area contributed by atoms with Gasteiger partial charge >= 0.3 is 61.1 Å². The van der Waals surface area contributed by atoms with Crippen molar-refractivity contribution in [2.45, 2.75) is 172 Å². The molecule has 5 fully saturated rings. The number of nitrogens with one attached hydrogen (secondary N) is 3. The number of carboxylic acid groups (broad SMARTS) is 1. The lowest BCUT2D eigenvalue weighted by molar-refractivity contribution is -0.178. The highest BCUT2D eigenvalue weighted by atomic mass is 19.4. The normalized spacial score (nSPS) is 20.6. The molecule has 0 saturated carbocycles. The van der Waals surface area contributed by atoms with E-state index >= 15 is 0 Å². The number of aliphatic hydroxyl groups excluding tert-OH is 1. The van der Waals surface area contributed by atoms with Crippen molar-refractivity contribution < 1.29 is 189 Å². The van der Waals surface area contributed by atoms with Crippen LogP contribution in [0.5, 0.6) is 29.7 Å². The number of nitrogens with two attached hydrogens (primary N) is 2. The average molecular weight is 1880 g/mol. The number of carbonyl (C=O) groups excluding carboxylic acids is 4. The van der Waals surface area contributed by atoms with Gasteiger partial charge in [0.15, 0.2) is 13.2 Å². The van der Waals surface area contributed by atoms with Crippen molar-refractivity contribution in [2.24, 2.45) is 29.3 Å². The maximum Gasteiger partial charge on any atom is 0.414 e. The first-order valence-corrected chi connectivity index (χ1v) is 39.8. The van der Waals surface area contributed by atoms with Crippen LogP contribution in [0.1, 0.15) is 132 Å². The number of esters is 1. The maximum atomic E-state index is 12.1. The number of aromatic nitrogens is 6. The monoisotopic (exact) mass is 1880 g/mol. The Morgan fingerprint density at radius 1 is 0.430 bits per heavy atom. The number of aliphatic hydroxyl groups is 1. The number of hydrazine groups is 1. The van der Waals surface area contributed by atoms with E-state index in [1.54, 1.807) is 24.3 Å². The highest BCUT2D eigenvalue weighted by molar-refractivity contribution is 5.85. The van der Waals surface area contributed by atoms with Crippen LogP contribution in [0.25, 0.3) is 0 Å². The minimum absolute atomic E-state index is 0.00525. The molecular weight excluding hydrogens is 1770 g/mol. The first kappa shape index (κ1) is 111. The summed E-state index contributed by atoms with van der Waals surface area (Å²) in [5, 5.41) is 43.9. The molecule has 0 bridgehead atoms. The zero-order chi connectivity index (χ0) is 94.7. The fourth-order valence-electron chi connectivity index (χ4n) is 10.5. The van der Waals surface area contributed by atoms with Gasteiger partial charge in [0, 0.05) is 6.04 Å². The van der Waals surface area contributed by atoms with E-state index in [0.29, 0.717) is 87.3 Å². The summed E-state index contributed by atoms with van der Waals surface area (Å²) >= 11 is 0. The van der Waals surface area contributed by atoms with E-state index in [2.05, 4.69) is 88.9 Å². The topological polar surface area (TPSA) is 478 Å². The Bertz CT molecular complexity index is 3750. The number of carboxylic acids is 1. The molecular formula is C76H108F15N11O26. The van der Waals surface area contributed by atoms with Gasteiger partial charge in [0.1, 0.15) is 108 Å². The van der Waals surface area contributed by atoms with Gasteiger partial charge in [-0.3, -0.25) is 24.6 Å². The summed E-state index contributed by atoms with van der Waals surface area (Å²) < 4.78 is 270. The summed E-state index contributed by atoms with van der Waals surface area (Å²) in [5.74, 6) is 5.88. The van der Waals surface area contributed by atoms with Gasteiger partial charge in [-0.25, -0.2) is 10.6 Å². The van der Waals surface area contributed by atoms with Gasteiger partial charge in [-0.15, -0.1) is 15.3 Å². The second-order valence-electron chi connectivity index (χ2n) is 28.7. The third-order valence-electron chi connectivity index (χ3n) is 16.9. The number of rotatable bonds is 36. The predicted molar refractivity (Wildman–Crippen MR) is 407 cm³/mol. The predicted octanol–water partition coefficient (Wildman–Crippen LogP) is 9.32. The van der Waals surface area contributed by atoms with Crippen molar-refractivity contribution in [1.82, 2.24) is 46.7 Å². The second-order valence-corrected chi connectivity index (χ2v) is 28.7. The van der Waals surface area contributed by atoms with Crippen molar-refractivity contribution in [1.29, 1.82) is 0 Å². The highest BCUT2D eigenvalue weighted by Gasteiger charge is 2.35. The molecule has 0 spiro atoms. The molecule has 128 heavy (non-hydrogen) atoms. The Hall–Kier alpha value is -9.36. The van der Waals surface area contributed by atoms with Crippen molar-refractivity contribution in [2.75, 3.05) is 152 Å². The van der Waals surface area contributed by atoms with Crippen LogP contribution in [0.15, 0.2) is 61.8 Å². The summed E-state index contributed by atoms with van der Waals surface area (Å²) in [5.41, 5.74) is 10.0. The molecule has 10 atom stereocenters. The van der Waals surface area contributed by atoms with Crippen LogP contribution in [0, 0.1) is 31.6 Å². The molecule has 5 aliphatic heterocycles. The van der Waals surface area contributed by atoms with Crippen LogP contribution in [0.3, 0.4) is 0 Å². The molecule has 10 rings (SSSR count). The lowest BCUT2D eigenvalue weighted by atomic mass is 10.00. The molecule has 0 radical (unpaired) electrons. The fraction of sp³-hybridized carbons (Fsp3) is 0.697. The quantitative estimate of drug-likeness (QED) is 0.00490. The molecule has 3 amide bonds. The number of alkyl halides is 15. The number of benzene rings is 2. The number of nitrogens with zero attached hydrogens (tertiary/aromatic N) is 6. The number of aryl methyl sites for hydroxylation is 2. The summed E-state index contributed by atoms with van der Waals surface area (Å²) in [6.07, 6.45) is -16.4. The van der Waals surface area contributed by atoms with E-state index in [1.807, 2.05) is 45.0 Å². The summed E-state index contributed by atoms with van der Waals surface area (Å²) in [7, 11) is 0. The minimum atomic E-state index is -4.41. The molecule has 37 nitrogen and oxygen atoms in total. The van der Waals surface area contributed by atoms with Gasteiger partial charge in [0.05, 0.1) is 78.7 Å². The standard InChI is InChI=1S/C20H24F3N3O6.C13H20F3NO5.C12H17F3N2O4.C11H16F3N3O4.C9H10O3.C7H14N2O2.C4H7F3O2/c1-13-2-5-15(6-3-13)30-11-17(27)24-14-4-7-16(31-10-14)18-25-26-19(32-18)29-9-8-28-12-20(21,22)23;1-9-2-3-10(22-7-9)12(19)17-6-11(18)21-5-4-20-8-13(14,15)16;1-8-2-3-9(20-6-8)10-16-17-11(21-10)19-5-4-18-7-12(13,14)15;12-11(13,14)6-18-3-4-19-10-17-16-9(21-10)8-2-1-7(15)5-20-8;1-7-2-4-8(5-3-7)12-6-9(10)11;1-5-2-3-6(11-4-5)7(10)9-8;5-4(6,7)3-9-2-1-8/h2-3,5-6,14,16H,4,7-12H2,1H3,(H,24,27);9-10H,2-8H2,1H3,(H,17,19);8-9H,2-7H2,1H3;7-8H,1-6,15H2;2-5H,6H2,1H3,(H,10,11);5-6H,2-4,8H2,1H3,(H,9,10);8H,1-3H2/t14-,16+;9-,10+;8-,9+;7-,8+;;5-,6+;/m1111.1./s1. The minimum Gasteiger partial charge on any atom is -0.484 e. The van der Waals surface area contributed by atoms with Gasteiger partial charge in [-0.1, -0.05) is 71.5 Å². The molecule has 3 aromatic heterocycles.